The first-order chi connectivity index (χ1) is 9.06. The summed E-state index contributed by atoms with van der Waals surface area (Å²) in [5, 5.41) is 0. The molecule has 0 saturated carbocycles. The quantitative estimate of drug-likeness (QED) is 0.724. The number of hydrogen-bond acceptors (Lipinski definition) is 2. The molecule has 1 aromatic carbocycles. The molecular formula is C15H14FN3. The van der Waals surface area contributed by atoms with Crippen LogP contribution in [0.1, 0.15) is 11.1 Å². The highest BCUT2D eigenvalue weighted by Crippen LogP contribution is 2.29. The number of hydrogen-bond donors (Lipinski definition) is 1. The number of halogens is 1. The molecular weight excluding hydrogens is 241 g/mol. The van der Waals surface area contributed by atoms with Crippen LogP contribution in [-0.4, -0.2) is 9.38 Å². The zero-order valence-electron chi connectivity index (χ0n) is 10.8. The van der Waals surface area contributed by atoms with Crippen LogP contribution in [0, 0.1) is 19.7 Å². The molecule has 4 heteroatoms. The molecule has 0 spiro atoms. The predicted molar refractivity (Wildman–Crippen MR) is 74.5 cm³/mol. The van der Waals surface area contributed by atoms with Crippen LogP contribution in [0.3, 0.4) is 0 Å². The van der Waals surface area contributed by atoms with E-state index >= 15 is 0 Å². The summed E-state index contributed by atoms with van der Waals surface area (Å²) in [5.41, 5.74) is 10.3. The van der Waals surface area contributed by atoms with Crippen molar-refractivity contribution in [3.63, 3.8) is 0 Å². The molecule has 0 aliphatic heterocycles. The molecule has 0 aliphatic rings. The van der Waals surface area contributed by atoms with Crippen LogP contribution in [0.15, 0.2) is 36.5 Å². The number of aryl methyl sites for hydroxylation is 2. The molecule has 19 heavy (non-hydrogen) atoms. The fraction of sp³-hybridized carbons (Fsp3) is 0.133. The molecule has 0 fully saturated rings. The van der Waals surface area contributed by atoms with E-state index in [9.17, 15) is 4.39 Å². The third-order valence-corrected chi connectivity index (χ3v) is 3.26. The maximum Gasteiger partial charge on any atom is 0.139 e. The number of imidazole rings is 1. The topological polar surface area (TPSA) is 43.3 Å². The van der Waals surface area contributed by atoms with Gasteiger partial charge in [-0.1, -0.05) is 12.1 Å². The van der Waals surface area contributed by atoms with Crippen molar-refractivity contribution < 1.29 is 4.39 Å². The Bertz CT molecular complexity index is 774. The number of pyridine rings is 1. The number of aromatic nitrogens is 2. The Labute approximate surface area is 110 Å². The molecule has 0 saturated heterocycles. The lowest BCUT2D eigenvalue weighted by molar-refractivity contribution is 0.628. The molecule has 3 rings (SSSR count). The fourth-order valence-electron chi connectivity index (χ4n) is 2.22. The summed E-state index contributed by atoms with van der Waals surface area (Å²) in [7, 11) is 0. The van der Waals surface area contributed by atoms with E-state index in [0.29, 0.717) is 11.5 Å². The lowest BCUT2D eigenvalue weighted by atomic mass is 10.1. The Morgan fingerprint density at radius 2 is 1.95 bits per heavy atom. The summed E-state index contributed by atoms with van der Waals surface area (Å²) in [6.45, 7) is 3.91. The van der Waals surface area contributed by atoms with Crippen molar-refractivity contribution in [3.05, 3.63) is 53.5 Å². The Morgan fingerprint density at radius 1 is 1.16 bits per heavy atom. The molecule has 2 aromatic heterocycles. The lowest BCUT2D eigenvalue weighted by Crippen LogP contribution is -1.95. The Balaban J connectivity index is 2.31. The number of benzene rings is 1. The second-order valence-corrected chi connectivity index (χ2v) is 4.74. The van der Waals surface area contributed by atoms with Crippen LogP contribution in [0.4, 0.5) is 10.2 Å². The first-order valence-corrected chi connectivity index (χ1v) is 6.07. The van der Waals surface area contributed by atoms with Crippen LogP contribution in [0.25, 0.3) is 16.9 Å². The number of nitrogen functional groups attached to an aromatic ring is 1. The Morgan fingerprint density at radius 3 is 2.74 bits per heavy atom. The van der Waals surface area contributed by atoms with E-state index in [1.165, 1.54) is 12.1 Å². The highest BCUT2D eigenvalue weighted by molar-refractivity contribution is 5.77. The first-order valence-electron chi connectivity index (χ1n) is 6.07. The Hall–Kier alpha value is -2.36. The van der Waals surface area contributed by atoms with Gasteiger partial charge in [-0.05, 0) is 43.2 Å². The summed E-state index contributed by atoms with van der Waals surface area (Å²) < 4.78 is 15.2. The van der Waals surface area contributed by atoms with Gasteiger partial charge in [-0.2, -0.15) is 0 Å². The molecule has 2 heterocycles. The molecule has 3 aromatic rings. The molecule has 0 unspecified atom stereocenters. The van der Waals surface area contributed by atoms with E-state index in [0.717, 1.165) is 22.3 Å². The van der Waals surface area contributed by atoms with E-state index in [1.54, 1.807) is 6.07 Å². The number of nitrogens with zero attached hydrogens (tertiary/aromatic N) is 2. The van der Waals surface area contributed by atoms with Crippen LogP contribution in [0.2, 0.25) is 0 Å². The highest BCUT2D eigenvalue weighted by atomic mass is 19.1. The second kappa shape index (κ2) is 4.09. The first kappa shape index (κ1) is 11.7. The molecule has 0 atom stereocenters. The molecule has 0 bridgehead atoms. The molecule has 3 nitrogen and oxygen atoms in total. The number of anilines is 1. The lowest BCUT2D eigenvalue weighted by Gasteiger charge is -2.04. The molecule has 0 radical (unpaired) electrons. The van der Waals surface area contributed by atoms with Crippen LogP contribution in [0.5, 0.6) is 0 Å². The van der Waals surface area contributed by atoms with E-state index < -0.39 is 0 Å². The van der Waals surface area contributed by atoms with E-state index in [-0.39, 0.29) is 5.82 Å². The Kier molecular flexibility index (Phi) is 2.52. The average molecular weight is 255 g/mol. The monoisotopic (exact) mass is 255 g/mol. The molecule has 0 aliphatic carbocycles. The predicted octanol–water partition coefficient (Wildman–Crippen LogP) is 3.34. The summed E-state index contributed by atoms with van der Waals surface area (Å²) in [6.07, 6.45) is 1.93. The summed E-state index contributed by atoms with van der Waals surface area (Å²) in [4.78, 5) is 4.50. The van der Waals surface area contributed by atoms with Crippen molar-refractivity contribution in [3.8, 4) is 11.3 Å². The standard InChI is InChI=1S/C15H14FN3/c1-9-3-6-13-18-14(15(17)19(13)8-9)12-7-11(16)5-4-10(12)2/h3-8H,17H2,1-2H3. The van der Waals surface area contributed by atoms with Gasteiger partial charge in [0.15, 0.2) is 0 Å². The van der Waals surface area contributed by atoms with Gasteiger partial charge in [-0.25, -0.2) is 9.37 Å². The van der Waals surface area contributed by atoms with Crippen molar-refractivity contribution in [1.29, 1.82) is 0 Å². The van der Waals surface area contributed by atoms with E-state index in [2.05, 4.69) is 4.98 Å². The van der Waals surface area contributed by atoms with Crippen LogP contribution >= 0.6 is 0 Å². The van der Waals surface area contributed by atoms with Gasteiger partial charge in [-0.3, -0.25) is 4.40 Å². The van der Waals surface area contributed by atoms with Gasteiger partial charge in [0.2, 0.25) is 0 Å². The minimum atomic E-state index is -0.284. The molecule has 0 amide bonds. The van der Waals surface area contributed by atoms with Gasteiger partial charge in [0.05, 0.1) is 0 Å². The van der Waals surface area contributed by atoms with E-state index in [4.69, 9.17) is 5.73 Å². The summed E-state index contributed by atoms with van der Waals surface area (Å²) in [5.74, 6) is 0.251. The number of rotatable bonds is 1. The molecule has 2 N–H and O–H groups in total. The zero-order chi connectivity index (χ0) is 13.6. The van der Waals surface area contributed by atoms with Crippen molar-refractivity contribution in [1.82, 2.24) is 9.38 Å². The molecule has 96 valence electrons. The van der Waals surface area contributed by atoms with Crippen molar-refractivity contribution in [2.45, 2.75) is 13.8 Å². The van der Waals surface area contributed by atoms with Gasteiger partial charge in [0.1, 0.15) is 23.0 Å². The van der Waals surface area contributed by atoms with Crippen molar-refractivity contribution in [2.24, 2.45) is 0 Å². The third-order valence-electron chi connectivity index (χ3n) is 3.26. The average Bonchev–Trinajstić information content (AvgIpc) is 2.70. The van der Waals surface area contributed by atoms with Gasteiger partial charge in [-0.15, -0.1) is 0 Å². The third kappa shape index (κ3) is 1.85. The smallest absolute Gasteiger partial charge is 0.139 e. The van der Waals surface area contributed by atoms with Crippen LogP contribution < -0.4 is 5.73 Å². The second-order valence-electron chi connectivity index (χ2n) is 4.74. The highest BCUT2D eigenvalue weighted by Gasteiger charge is 2.13. The van der Waals surface area contributed by atoms with Gasteiger partial charge in [0.25, 0.3) is 0 Å². The minimum absolute atomic E-state index is 0.284. The van der Waals surface area contributed by atoms with Gasteiger partial charge < -0.3 is 5.73 Å². The van der Waals surface area contributed by atoms with Crippen LogP contribution in [-0.2, 0) is 0 Å². The maximum absolute atomic E-state index is 13.4. The van der Waals surface area contributed by atoms with Gasteiger partial charge in [0, 0.05) is 11.8 Å². The normalized spacial score (nSPS) is 11.1. The number of fused-ring (bicyclic) bond motifs is 1. The van der Waals surface area contributed by atoms with Crippen molar-refractivity contribution in [2.75, 3.05) is 5.73 Å². The van der Waals surface area contributed by atoms with E-state index in [1.807, 2.05) is 36.6 Å². The van der Waals surface area contributed by atoms with Crippen molar-refractivity contribution >= 4 is 11.5 Å². The maximum atomic E-state index is 13.4. The van der Waals surface area contributed by atoms with Gasteiger partial charge >= 0.3 is 0 Å². The minimum Gasteiger partial charge on any atom is -0.383 e. The summed E-state index contributed by atoms with van der Waals surface area (Å²) >= 11 is 0. The fourth-order valence-corrected chi connectivity index (χ4v) is 2.22. The largest absolute Gasteiger partial charge is 0.383 e. The zero-order valence-corrected chi connectivity index (χ0v) is 10.8. The number of nitrogens with two attached hydrogens (primary N) is 1. The SMILES string of the molecule is Cc1ccc2nc(-c3cc(F)ccc3C)c(N)n2c1. The summed E-state index contributed by atoms with van der Waals surface area (Å²) in [6, 6.07) is 8.53.